The zero-order chi connectivity index (χ0) is 22.0. The molecule has 1 N–H and O–H groups in total. The van der Waals surface area contributed by atoms with Gasteiger partial charge in [0.25, 0.3) is 0 Å². The van der Waals surface area contributed by atoms with Crippen molar-refractivity contribution in [2.24, 2.45) is 0 Å². The van der Waals surface area contributed by atoms with E-state index in [0.717, 1.165) is 11.1 Å². The molecule has 1 saturated heterocycles. The van der Waals surface area contributed by atoms with Crippen LogP contribution in [0.5, 0.6) is 0 Å². The van der Waals surface area contributed by atoms with Gasteiger partial charge >= 0.3 is 0 Å². The van der Waals surface area contributed by atoms with Gasteiger partial charge in [-0.05, 0) is 29.2 Å². The highest BCUT2D eigenvalue weighted by Crippen LogP contribution is 2.58. The fourth-order valence-electron chi connectivity index (χ4n) is 5.29. The summed E-state index contributed by atoms with van der Waals surface area (Å²) in [5, 5.41) is 14.9. The minimum atomic E-state index is -0.764. The molecule has 1 aliphatic rings. The number of nitrogens with one attached hydrogen (secondary N) is 1. The fourth-order valence-corrected chi connectivity index (χ4v) is 5.29. The van der Waals surface area contributed by atoms with Gasteiger partial charge in [0.2, 0.25) is 0 Å². The molecule has 4 aromatic carbocycles. The highest BCUT2D eigenvalue weighted by atomic mass is 15.0. The maximum absolute atomic E-state index is 11.0. The average Bonchev–Trinajstić information content (AvgIpc) is 3.22. The van der Waals surface area contributed by atoms with Gasteiger partial charge in [0.1, 0.15) is 5.41 Å². The minimum Gasteiger partial charge on any atom is -0.301 e. The Morgan fingerprint density at radius 1 is 0.656 bits per heavy atom. The lowest BCUT2D eigenvalue weighted by Crippen LogP contribution is -2.35. The Bertz CT molecular complexity index is 1210. The summed E-state index contributed by atoms with van der Waals surface area (Å²) in [5.41, 5.74) is 5.03. The van der Waals surface area contributed by atoms with Gasteiger partial charge < -0.3 is 5.32 Å². The molecule has 0 radical (unpaired) electrons. The van der Waals surface area contributed by atoms with Gasteiger partial charge in [0.15, 0.2) is 0 Å². The molecule has 0 bridgehead atoms. The van der Waals surface area contributed by atoms with Crippen molar-refractivity contribution >= 4 is 0 Å². The van der Waals surface area contributed by atoms with Gasteiger partial charge in [-0.3, -0.25) is 0 Å². The first-order valence-electron chi connectivity index (χ1n) is 11.1. The normalized spacial score (nSPS) is 24.7. The molecule has 2 nitrogen and oxygen atoms in total. The summed E-state index contributed by atoms with van der Waals surface area (Å²) >= 11 is 0. The molecule has 0 aliphatic carbocycles. The highest BCUT2D eigenvalue weighted by Gasteiger charge is 2.57. The van der Waals surface area contributed by atoms with Gasteiger partial charge in [-0.2, -0.15) is 5.26 Å². The van der Waals surface area contributed by atoms with Crippen LogP contribution in [0.25, 0.3) is 0 Å². The van der Waals surface area contributed by atoms with Crippen LogP contribution in [-0.2, 0) is 5.41 Å². The maximum Gasteiger partial charge on any atom is 0.110 e. The second-order valence-corrected chi connectivity index (χ2v) is 8.63. The highest BCUT2D eigenvalue weighted by molar-refractivity contribution is 5.50. The van der Waals surface area contributed by atoms with E-state index in [2.05, 4.69) is 103 Å². The van der Waals surface area contributed by atoms with Gasteiger partial charge in [-0.15, -0.1) is 0 Å². The van der Waals surface area contributed by atoms with Gasteiger partial charge in [-0.1, -0.05) is 121 Å². The average molecular weight is 415 g/mol. The molecular weight excluding hydrogens is 388 g/mol. The van der Waals surface area contributed by atoms with E-state index >= 15 is 0 Å². The molecule has 1 heterocycles. The Kier molecular flexibility index (Phi) is 5.35. The van der Waals surface area contributed by atoms with Gasteiger partial charge in [0, 0.05) is 12.0 Å². The Morgan fingerprint density at radius 2 is 1.19 bits per heavy atom. The van der Waals surface area contributed by atoms with Crippen LogP contribution in [0.15, 0.2) is 115 Å². The van der Waals surface area contributed by atoms with E-state index in [1.165, 1.54) is 16.7 Å². The Morgan fingerprint density at radius 3 is 1.75 bits per heavy atom. The van der Waals surface area contributed by atoms with Crippen molar-refractivity contribution in [3.8, 4) is 6.07 Å². The quantitative estimate of drug-likeness (QED) is 0.407. The number of hydrogen-bond acceptors (Lipinski definition) is 2. The molecule has 0 spiro atoms. The van der Waals surface area contributed by atoms with Crippen LogP contribution in [-0.4, -0.2) is 0 Å². The van der Waals surface area contributed by atoms with Crippen LogP contribution in [0, 0.1) is 18.3 Å². The molecule has 1 fully saturated rings. The molecule has 32 heavy (non-hydrogen) atoms. The summed E-state index contributed by atoms with van der Waals surface area (Å²) in [5.74, 6) is -0.0518. The van der Waals surface area contributed by atoms with Crippen LogP contribution in [0.3, 0.4) is 0 Å². The maximum atomic E-state index is 11.0. The monoisotopic (exact) mass is 414 g/mol. The van der Waals surface area contributed by atoms with Gasteiger partial charge in [-0.25, -0.2) is 0 Å². The van der Waals surface area contributed by atoms with Crippen molar-refractivity contribution in [1.29, 1.82) is 5.26 Å². The molecule has 5 rings (SSSR count). The molecule has 0 aromatic heterocycles. The SMILES string of the molecule is Cc1ccc(C2NC(c3ccccc3)C(C#N)(c3ccccc3)C2c2ccccc2)cc1. The van der Waals surface area contributed by atoms with Crippen molar-refractivity contribution in [2.45, 2.75) is 30.3 Å². The first-order chi connectivity index (χ1) is 15.7. The summed E-state index contributed by atoms with van der Waals surface area (Å²) in [4.78, 5) is 0. The summed E-state index contributed by atoms with van der Waals surface area (Å²) in [6.45, 7) is 2.11. The van der Waals surface area contributed by atoms with Crippen molar-refractivity contribution < 1.29 is 0 Å². The first kappa shape index (κ1) is 20.2. The molecule has 4 aromatic rings. The standard InChI is InChI=1S/C30H26N2/c1-22-17-19-24(20-18-22)28-27(23-11-5-2-6-12-23)30(21-31,26-15-9-4-10-16-26)29(32-28)25-13-7-3-8-14-25/h2-20,27-29,32H,1H3. The number of benzene rings is 4. The summed E-state index contributed by atoms with van der Waals surface area (Å²) in [6.07, 6.45) is 0. The fraction of sp³-hybridized carbons (Fsp3) is 0.167. The number of nitrogens with zero attached hydrogens (tertiary/aromatic N) is 1. The topological polar surface area (TPSA) is 35.8 Å². The van der Waals surface area contributed by atoms with Crippen LogP contribution in [0.2, 0.25) is 0 Å². The van der Waals surface area contributed by atoms with E-state index < -0.39 is 5.41 Å². The first-order valence-corrected chi connectivity index (χ1v) is 11.1. The lowest BCUT2D eigenvalue weighted by Gasteiger charge is -2.35. The van der Waals surface area contributed by atoms with Crippen LogP contribution in [0.1, 0.15) is 45.8 Å². The summed E-state index contributed by atoms with van der Waals surface area (Å²) < 4.78 is 0. The van der Waals surface area contributed by atoms with Gasteiger partial charge in [0.05, 0.1) is 12.1 Å². The third-order valence-electron chi connectivity index (χ3n) is 6.79. The van der Waals surface area contributed by atoms with E-state index in [0.29, 0.717) is 0 Å². The van der Waals surface area contributed by atoms with Crippen molar-refractivity contribution in [3.05, 3.63) is 143 Å². The van der Waals surface area contributed by atoms with E-state index in [4.69, 9.17) is 0 Å². The number of hydrogen-bond donors (Lipinski definition) is 1. The van der Waals surface area contributed by atoms with Crippen LogP contribution < -0.4 is 5.32 Å². The molecule has 4 atom stereocenters. The van der Waals surface area contributed by atoms with Crippen molar-refractivity contribution in [3.63, 3.8) is 0 Å². The molecule has 4 unspecified atom stereocenters. The zero-order valence-electron chi connectivity index (χ0n) is 18.1. The molecule has 156 valence electrons. The van der Waals surface area contributed by atoms with E-state index in [-0.39, 0.29) is 18.0 Å². The van der Waals surface area contributed by atoms with E-state index in [1.54, 1.807) is 0 Å². The third kappa shape index (κ3) is 3.32. The van der Waals surface area contributed by atoms with Crippen LogP contribution in [0.4, 0.5) is 0 Å². The second-order valence-electron chi connectivity index (χ2n) is 8.63. The Labute approximate surface area is 190 Å². The smallest absolute Gasteiger partial charge is 0.110 e. The largest absolute Gasteiger partial charge is 0.301 e. The summed E-state index contributed by atoms with van der Waals surface area (Å²) in [7, 11) is 0. The number of nitriles is 1. The molecule has 0 saturated carbocycles. The lowest BCUT2D eigenvalue weighted by atomic mass is 9.63. The molecular formula is C30H26N2. The second kappa shape index (κ2) is 8.46. The van der Waals surface area contributed by atoms with E-state index in [1.807, 2.05) is 30.3 Å². The third-order valence-corrected chi connectivity index (χ3v) is 6.79. The van der Waals surface area contributed by atoms with E-state index in [9.17, 15) is 5.26 Å². The number of aryl methyl sites for hydroxylation is 1. The number of rotatable bonds is 4. The minimum absolute atomic E-state index is 0.00284. The zero-order valence-corrected chi connectivity index (χ0v) is 18.1. The van der Waals surface area contributed by atoms with Crippen molar-refractivity contribution in [2.75, 3.05) is 0 Å². The molecule has 0 amide bonds. The lowest BCUT2D eigenvalue weighted by molar-refractivity contribution is 0.438. The van der Waals surface area contributed by atoms with Crippen molar-refractivity contribution in [1.82, 2.24) is 5.32 Å². The van der Waals surface area contributed by atoms with Crippen LogP contribution >= 0.6 is 0 Å². The molecule has 1 aliphatic heterocycles. The molecule has 2 heteroatoms. The predicted molar refractivity (Wildman–Crippen MR) is 129 cm³/mol. The summed E-state index contributed by atoms with van der Waals surface area (Å²) in [6, 6.07) is 42.6. The predicted octanol–water partition coefficient (Wildman–Crippen LogP) is 6.63. The Hall–Kier alpha value is -3.67. The Balaban J connectivity index is 1.79.